The van der Waals surface area contributed by atoms with Crippen molar-refractivity contribution < 1.29 is 57.5 Å². The average Bonchev–Trinajstić information content (AvgIpc) is 3.84. The molecule has 1 unspecified atom stereocenters. The number of halogens is 1. The number of anilines is 1. The van der Waals surface area contributed by atoms with Gasteiger partial charge in [-0.25, -0.2) is 4.39 Å². The third kappa shape index (κ3) is 7.52. The van der Waals surface area contributed by atoms with Crippen LogP contribution in [-0.2, 0) is 42.9 Å². The molecule has 4 aliphatic carbocycles. The van der Waals surface area contributed by atoms with Crippen molar-refractivity contribution in [3.05, 3.63) is 90.0 Å². The highest BCUT2D eigenvalue weighted by Crippen LogP contribution is 2.70. The Balaban J connectivity index is 0.853. The van der Waals surface area contributed by atoms with Crippen LogP contribution in [-0.4, -0.2) is 108 Å². The summed E-state index contributed by atoms with van der Waals surface area (Å²) in [6, 6.07) is 15.0. The normalized spacial score (nSPS) is 34.0. The molecule has 2 heterocycles. The summed E-state index contributed by atoms with van der Waals surface area (Å²) in [4.78, 5) is 64.7. The first-order chi connectivity index (χ1) is 28.8. The number of nitrogens with one attached hydrogen (secondary N) is 1. The second-order valence-electron chi connectivity index (χ2n) is 16.8. The predicted octanol–water partition coefficient (Wildman–Crippen LogP) is 4.68. The summed E-state index contributed by atoms with van der Waals surface area (Å²) in [5.74, 6) is -2.64. The van der Waals surface area contributed by atoms with Gasteiger partial charge < -0.3 is 34.5 Å². The maximum atomic E-state index is 15.9. The van der Waals surface area contributed by atoms with Gasteiger partial charge >= 0.3 is 0 Å². The molecule has 60 heavy (non-hydrogen) atoms. The lowest BCUT2D eigenvalue weighted by atomic mass is 9.46. The van der Waals surface area contributed by atoms with Crippen molar-refractivity contribution in [1.82, 2.24) is 4.90 Å². The fourth-order valence-corrected chi connectivity index (χ4v) is 11.7. The van der Waals surface area contributed by atoms with Gasteiger partial charge in [-0.2, -0.15) is 0 Å². The van der Waals surface area contributed by atoms with Crippen LogP contribution >= 0.6 is 11.8 Å². The Morgan fingerprint density at radius 1 is 0.967 bits per heavy atom. The summed E-state index contributed by atoms with van der Waals surface area (Å²) in [6.07, 6.45) is 3.90. The number of carbonyl (C=O) groups is 5. The van der Waals surface area contributed by atoms with Crippen molar-refractivity contribution in [1.29, 1.82) is 0 Å². The largest absolute Gasteiger partial charge is 0.393 e. The molecule has 13 nitrogen and oxygen atoms in total. The number of nitrogens with zero attached hydrogens (tertiary/aromatic N) is 1. The van der Waals surface area contributed by atoms with Crippen molar-refractivity contribution in [3.8, 4) is 0 Å². The molecule has 2 aromatic carbocycles. The van der Waals surface area contributed by atoms with Crippen LogP contribution in [0.1, 0.15) is 51.4 Å². The smallest absolute Gasteiger partial charge is 0.253 e. The van der Waals surface area contributed by atoms with Crippen LogP contribution in [0.2, 0.25) is 0 Å². The zero-order valence-electron chi connectivity index (χ0n) is 33.4. The first-order valence-electron chi connectivity index (χ1n) is 20.4. The highest BCUT2D eigenvalue weighted by molar-refractivity contribution is 7.99. The molecule has 0 bridgehead atoms. The zero-order chi connectivity index (χ0) is 42.4. The lowest BCUT2D eigenvalue weighted by Crippen LogP contribution is -2.64. The molecule has 0 aromatic heterocycles. The minimum atomic E-state index is -1.55. The first kappa shape index (κ1) is 42.3. The minimum Gasteiger partial charge on any atom is -0.393 e. The van der Waals surface area contributed by atoms with Crippen LogP contribution in [0, 0.1) is 28.6 Å². The van der Waals surface area contributed by atoms with Crippen molar-refractivity contribution in [2.45, 2.75) is 79.6 Å². The molecular weight excluding hydrogens is 796 g/mol. The molecule has 0 spiro atoms. The van der Waals surface area contributed by atoms with Crippen molar-refractivity contribution in [2.24, 2.45) is 28.6 Å². The Labute approximate surface area is 351 Å². The summed E-state index contributed by atoms with van der Waals surface area (Å²) in [7, 11) is 0. The number of aliphatic hydroxyl groups excluding tert-OH is 2. The fourth-order valence-electron chi connectivity index (χ4n) is 10.8. The number of fused-ring (bicyclic) bond motifs is 7. The molecular formula is C45H49FN2O11S. The van der Waals surface area contributed by atoms with Gasteiger partial charge in [0.15, 0.2) is 23.5 Å². The van der Waals surface area contributed by atoms with E-state index in [1.54, 1.807) is 12.1 Å². The molecule has 3 N–H and O–H groups in total. The Kier molecular flexibility index (Phi) is 11.9. The SMILES string of the molecule is C[C@]12C=CC(=O)C=C1[C@@H](F)C[C@@H]1C2[C@@H](O)C[C@@]2(C)[C@H]1C[C@H]1O[C@@H](c3ccc(Sc4cccc(NC(=O)CCOCCOCCN5C(=O)C=CC5=O)c4)cc3)O[C@]12C(=O)CO. The Morgan fingerprint density at radius 3 is 2.43 bits per heavy atom. The van der Waals surface area contributed by atoms with E-state index in [0.717, 1.165) is 14.7 Å². The van der Waals surface area contributed by atoms with Crippen LogP contribution in [0.4, 0.5) is 10.1 Å². The summed E-state index contributed by atoms with van der Waals surface area (Å²) in [6.45, 7) is 4.09. The van der Waals surface area contributed by atoms with Crippen molar-refractivity contribution in [3.63, 3.8) is 0 Å². The molecule has 10 atom stereocenters. The van der Waals surface area contributed by atoms with Gasteiger partial charge in [-0.1, -0.05) is 49.9 Å². The monoisotopic (exact) mass is 844 g/mol. The van der Waals surface area contributed by atoms with Gasteiger partial charge in [-0.05, 0) is 79.2 Å². The van der Waals surface area contributed by atoms with Gasteiger partial charge in [-0.3, -0.25) is 28.9 Å². The molecule has 2 aliphatic heterocycles. The van der Waals surface area contributed by atoms with Gasteiger partial charge in [0.1, 0.15) is 12.8 Å². The quantitative estimate of drug-likeness (QED) is 0.167. The number of amides is 3. The van der Waals surface area contributed by atoms with Gasteiger partial charge in [0.05, 0.1) is 51.6 Å². The predicted molar refractivity (Wildman–Crippen MR) is 215 cm³/mol. The number of ether oxygens (including phenoxy) is 4. The van der Waals surface area contributed by atoms with Crippen LogP contribution in [0.15, 0.2) is 94.3 Å². The van der Waals surface area contributed by atoms with E-state index in [0.29, 0.717) is 23.2 Å². The number of hydrogen-bond acceptors (Lipinski definition) is 12. The first-order valence-corrected chi connectivity index (χ1v) is 21.2. The number of allylic oxidation sites excluding steroid dienone is 4. The second-order valence-corrected chi connectivity index (χ2v) is 18.0. The highest BCUT2D eigenvalue weighted by atomic mass is 32.2. The van der Waals surface area contributed by atoms with E-state index in [9.17, 15) is 34.2 Å². The summed E-state index contributed by atoms with van der Waals surface area (Å²) in [5, 5.41) is 25.1. The second kappa shape index (κ2) is 16.8. The van der Waals surface area contributed by atoms with E-state index in [1.165, 1.54) is 36.1 Å². The van der Waals surface area contributed by atoms with Crippen LogP contribution in [0.25, 0.3) is 0 Å². The Morgan fingerprint density at radius 2 is 1.70 bits per heavy atom. The summed E-state index contributed by atoms with van der Waals surface area (Å²) in [5.41, 5.74) is -1.66. The fraction of sp³-hybridized carbons (Fsp3) is 0.489. The van der Waals surface area contributed by atoms with Crippen molar-refractivity contribution in [2.75, 3.05) is 44.9 Å². The molecule has 6 aliphatic rings. The number of carbonyl (C=O) groups excluding carboxylic acids is 5. The molecule has 1 saturated heterocycles. The van der Waals surface area contributed by atoms with E-state index in [4.69, 9.17) is 18.9 Å². The Hall–Kier alpha value is -4.35. The molecule has 15 heteroatoms. The number of rotatable bonds is 15. The van der Waals surface area contributed by atoms with E-state index in [1.807, 2.05) is 56.3 Å². The number of aliphatic hydroxyl groups is 2. The maximum absolute atomic E-state index is 15.9. The lowest BCUT2D eigenvalue weighted by molar-refractivity contribution is -0.203. The van der Waals surface area contributed by atoms with E-state index >= 15 is 4.39 Å². The topological polar surface area (TPSA) is 178 Å². The number of Topliss-reactive ketones (excluding diaryl/α,β-unsaturated/α-hetero) is 1. The average molecular weight is 845 g/mol. The van der Waals surface area contributed by atoms with Gasteiger partial charge in [0.2, 0.25) is 5.91 Å². The number of hydrogen-bond donors (Lipinski definition) is 3. The minimum absolute atomic E-state index is 0.112. The molecule has 8 rings (SSSR count). The summed E-state index contributed by atoms with van der Waals surface area (Å²) < 4.78 is 40.1. The zero-order valence-corrected chi connectivity index (χ0v) is 34.2. The number of ketones is 2. The van der Waals surface area contributed by atoms with E-state index in [2.05, 4.69) is 5.32 Å². The van der Waals surface area contributed by atoms with Crippen LogP contribution in [0.3, 0.4) is 0 Å². The number of imide groups is 1. The standard InChI is InChI=1S/C45H49FN2O11S/c1-43-14-12-28(50)21-33(43)34(46)22-31-32-23-37-45(36(52)25-49,44(32,2)24-35(51)41(31)43)59-42(58-37)26-6-8-29(9-7-26)60-30-5-3-4-27(20-30)47-38(53)13-16-56-18-19-57-17-15-48-39(54)10-11-40(48)55/h3-12,14,20-21,31-32,34-35,37,41-42,49,51H,13,15-19,22-25H2,1-2H3,(H,47,53)/t31-,32-,34-,35-,37+,41?,42+,43-,44-,45+/m0/s1. The Bertz CT molecular complexity index is 2130. The molecule has 3 amide bonds. The maximum Gasteiger partial charge on any atom is 0.253 e. The van der Waals surface area contributed by atoms with Gasteiger partial charge in [0.25, 0.3) is 11.8 Å². The molecule has 4 fully saturated rings. The lowest BCUT2D eigenvalue weighted by Gasteiger charge is -2.60. The molecule has 3 saturated carbocycles. The van der Waals surface area contributed by atoms with Crippen LogP contribution in [0.5, 0.6) is 0 Å². The summed E-state index contributed by atoms with van der Waals surface area (Å²) >= 11 is 1.49. The molecule has 2 aromatic rings. The van der Waals surface area contributed by atoms with Crippen LogP contribution < -0.4 is 5.32 Å². The highest BCUT2D eigenvalue weighted by Gasteiger charge is 2.76. The number of benzene rings is 2. The molecule has 318 valence electrons. The number of alkyl halides is 1. The third-order valence-electron chi connectivity index (χ3n) is 13.5. The van der Waals surface area contributed by atoms with E-state index < -0.39 is 53.5 Å². The van der Waals surface area contributed by atoms with Gasteiger partial charge in [-0.15, -0.1) is 0 Å². The molecule has 0 radical (unpaired) electrons. The van der Waals surface area contributed by atoms with E-state index in [-0.39, 0.29) is 93.5 Å². The van der Waals surface area contributed by atoms with Gasteiger partial charge in [0, 0.05) is 49.9 Å². The van der Waals surface area contributed by atoms with Crippen molar-refractivity contribution >= 4 is 46.7 Å². The third-order valence-corrected chi connectivity index (χ3v) is 14.5.